The van der Waals surface area contributed by atoms with Crippen molar-refractivity contribution >= 4 is 0 Å². The lowest BCUT2D eigenvalue weighted by Crippen LogP contribution is -2.54. The molecule has 0 unspecified atom stereocenters. The lowest BCUT2D eigenvalue weighted by molar-refractivity contribution is 0.154. The number of hydrogen-bond acceptors (Lipinski definition) is 2. The quantitative estimate of drug-likeness (QED) is 0.663. The van der Waals surface area contributed by atoms with Crippen LogP contribution in [0.25, 0.3) is 0 Å². The Balaban J connectivity index is 2.27. The molecule has 2 N–H and O–H groups in total. The zero-order chi connectivity index (χ0) is 8.32. The summed E-state index contributed by atoms with van der Waals surface area (Å²) in [5.74, 6) is 0. The van der Waals surface area contributed by atoms with E-state index in [1.165, 1.54) is 19.3 Å². The van der Waals surface area contributed by atoms with Crippen LogP contribution >= 0.6 is 0 Å². The van der Waals surface area contributed by atoms with E-state index in [-0.39, 0.29) is 5.54 Å². The molecular weight excluding hydrogens is 136 g/mol. The summed E-state index contributed by atoms with van der Waals surface area (Å²) >= 11 is 0. The minimum absolute atomic E-state index is 0.173. The van der Waals surface area contributed by atoms with Gasteiger partial charge in [0.25, 0.3) is 0 Å². The largest absolute Gasteiger partial charge is 0.324 e. The summed E-state index contributed by atoms with van der Waals surface area (Å²) in [5.41, 5.74) is 6.29. The van der Waals surface area contributed by atoms with E-state index in [2.05, 4.69) is 18.7 Å². The van der Waals surface area contributed by atoms with Crippen LogP contribution < -0.4 is 5.73 Å². The maximum Gasteiger partial charge on any atom is 0.0283 e. The predicted molar refractivity (Wildman–Crippen MR) is 48.6 cm³/mol. The molecule has 1 aliphatic carbocycles. The summed E-state index contributed by atoms with van der Waals surface area (Å²) in [5, 5.41) is 0. The van der Waals surface area contributed by atoms with Gasteiger partial charge in [-0.25, -0.2) is 0 Å². The van der Waals surface area contributed by atoms with Gasteiger partial charge in [-0.2, -0.15) is 0 Å². The van der Waals surface area contributed by atoms with Crippen LogP contribution in [0.5, 0.6) is 0 Å². The summed E-state index contributed by atoms with van der Waals surface area (Å²) in [6.45, 7) is 7.77. The third kappa shape index (κ3) is 2.17. The molecule has 1 fully saturated rings. The van der Waals surface area contributed by atoms with Gasteiger partial charge in [0.1, 0.15) is 0 Å². The first-order valence-corrected chi connectivity index (χ1v) is 4.71. The third-order valence-corrected chi connectivity index (χ3v) is 2.78. The minimum atomic E-state index is 0.173. The molecule has 0 aliphatic heterocycles. The molecule has 2 nitrogen and oxygen atoms in total. The van der Waals surface area contributed by atoms with Gasteiger partial charge >= 0.3 is 0 Å². The standard InChI is InChI=1S/C9H20N2/c1-3-11(4-2)8-9(10)6-5-7-9/h3-8,10H2,1-2H3. The molecule has 0 atom stereocenters. The topological polar surface area (TPSA) is 29.3 Å². The third-order valence-electron chi connectivity index (χ3n) is 2.78. The fraction of sp³-hybridized carbons (Fsp3) is 1.00. The fourth-order valence-corrected chi connectivity index (χ4v) is 1.68. The highest BCUT2D eigenvalue weighted by molar-refractivity contribution is 4.94. The van der Waals surface area contributed by atoms with Crippen LogP contribution in [0, 0.1) is 0 Å². The van der Waals surface area contributed by atoms with E-state index < -0.39 is 0 Å². The first-order chi connectivity index (χ1) is 5.20. The first-order valence-electron chi connectivity index (χ1n) is 4.71. The van der Waals surface area contributed by atoms with E-state index >= 15 is 0 Å². The average molecular weight is 156 g/mol. The molecule has 0 aromatic heterocycles. The molecule has 0 radical (unpaired) electrons. The maximum atomic E-state index is 6.11. The zero-order valence-electron chi connectivity index (χ0n) is 7.77. The lowest BCUT2D eigenvalue weighted by Gasteiger charge is -2.41. The summed E-state index contributed by atoms with van der Waals surface area (Å²) in [6, 6.07) is 0. The molecule has 0 spiro atoms. The van der Waals surface area contributed by atoms with Gasteiger partial charge in [0.05, 0.1) is 0 Å². The van der Waals surface area contributed by atoms with E-state index in [0.717, 1.165) is 19.6 Å². The van der Waals surface area contributed by atoms with Gasteiger partial charge in [-0.1, -0.05) is 13.8 Å². The van der Waals surface area contributed by atoms with Crippen molar-refractivity contribution in [1.82, 2.24) is 4.90 Å². The zero-order valence-corrected chi connectivity index (χ0v) is 7.77. The number of nitrogens with two attached hydrogens (primary N) is 1. The Bertz CT molecular complexity index is 115. The van der Waals surface area contributed by atoms with E-state index in [4.69, 9.17) is 5.73 Å². The van der Waals surface area contributed by atoms with Crippen molar-refractivity contribution in [2.45, 2.75) is 38.6 Å². The molecule has 1 aliphatic rings. The van der Waals surface area contributed by atoms with Crippen molar-refractivity contribution in [3.63, 3.8) is 0 Å². The van der Waals surface area contributed by atoms with Crippen LogP contribution in [-0.4, -0.2) is 30.1 Å². The SMILES string of the molecule is CCN(CC)CC1(N)CCC1. The number of rotatable bonds is 4. The summed E-state index contributed by atoms with van der Waals surface area (Å²) in [6.07, 6.45) is 3.78. The van der Waals surface area contributed by atoms with Gasteiger partial charge in [-0.3, -0.25) is 0 Å². The van der Waals surface area contributed by atoms with Gasteiger partial charge in [0.2, 0.25) is 0 Å². The molecule has 0 bridgehead atoms. The van der Waals surface area contributed by atoms with Gasteiger partial charge in [-0.05, 0) is 32.4 Å². The number of hydrogen-bond donors (Lipinski definition) is 1. The normalized spacial score (nSPS) is 21.8. The minimum Gasteiger partial charge on any atom is -0.324 e. The monoisotopic (exact) mass is 156 g/mol. The van der Waals surface area contributed by atoms with Gasteiger partial charge in [0.15, 0.2) is 0 Å². The van der Waals surface area contributed by atoms with Gasteiger partial charge in [-0.15, -0.1) is 0 Å². The van der Waals surface area contributed by atoms with Crippen molar-refractivity contribution in [2.24, 2.45) is 5.73 Å². The van der Waals surface area contributed by atoms with E-state index in [0.29, 0.717) is 0 Å². The van der Waals surface area contributed by atoms with Crippen LogP contribution in [0.15, 0.2) is 0 Å². The Kier molecular flexibility index (Phi) is 2.90. The Morgan fingerprint density at radius 1 is 1.27 bits per heavy atom. The Morgan fingerprint density at radius 3 is 2.09 bits per heavy atom. The van der Waals surface area contributed by atoms with Crippen molar-refractivity contribution in [2.75, 3.05) is 19.6 Å². The van der Waals surface area contributed by atoms with Crippen LogP contribution in [0.2, 0.25) is 0 Å². The van der Waals surface area contributed by atoms with E-state index in [9.17, 15) is 0 Å². The fourth-order valence-electron chi connectivity index (χ4n) is 1.68. The summed E-state index contributed by atoms with van der Waals surface area (Å²) in [4.78, 5) is 2.42. The maximum absolute atomic E-state index is 6.11. The van der Waals surface area contributed by atoms with E-state index in [1.54, 1.807) is 0 Å². The molecule has 0 heterocycles. The van der Waals surface area contributed by atoms with Crippen molar-refractivity contribution in [3.8, 4) is 0 Å². The molecule has 2 heteroatoms. The molecule has 0 saturated heterocycles. The average Bonchev–Trinajstić information content (AvgIpc) is 1.97. The second-order valence-electron chi connectivity index (χ2n) is 3.68. The second-order valence-corrected chi connectivity index (χ2v) is 3.68. The highest BCUT2D eigenvalue weighted by Gasteiger charge is 2.33. The highest BCUT2D eigenvalue weighted by Crippen LogP contribution is 2.29. The summed E-state index contributed by atoms with van der Waals surface area (Å²) < 4.78 is 0. The second kappa shape index (κ2) is 3.55. The highest BCUT2D eigenvalue weighted by atomic mass is 15.1. The first kappa shape index (κ1) is 9.01. The molecule has 11 heavy (non-hydrogen) atoms. The van der Waals surface area contributed by atoms with Crippen LogP contribution in [-0.2, 0) is 0 Å². The number of nitrogens with zero attached hydrogens (tertiary/aromatic N) is 1. The van der Waals surface area contributed by atoms with Crippen molar-refractivity contribution in [3.05, 3.63) is 0 Å². The molecule has 1 saturated carbocycles. The Labute approximate surface area is 69.8 Å². The molecule has 1 rings (SSSR count). The van der Waals surface area contributed by atoms with E-state index in [1.807, 2.05) is 0 Å². The smallest absolute Gasteiger partial charge is 0.0283 e. The van der Waals surface area contributed by atoms with Gasteiger partial charge in [0, 0.05) is 12.1 Å². The van der Waals surface area contributed by atoms with Gasteiger partial charge < -0.3 is 10.6 Å². The summed E-state index contributed by atoms with van der Waals surface area (Å²) in [7, 11) is 0. The lowest BCUT2D eigenvalue weighted by atomic mass is 9.77. The van der Waals surface area contributed by atoms with Crippen molar-refractivity contribution < 1.29 is 0 Å². The molecule has 0 amide bonds. The molecule has 0 aromatic carbocycles. The van der Waals surface area contributed by atoms with Crippen LogP contribution in [0.1, 0.15) is 33.1 Å². The van der Waals surface area contributed by atoms with Crippen LogP contribution in [0.4, 0.5) is 0 Å². The molecular formula is C9H20N2. The molecule has 66 valence electrons. The van der Waals surface area contributed by atoms with Crippen LogP contribution in [0.3, 0.4) is 0 Å². The predicted octanol–water partition coefficient (Wildman–Crippen LogP) is 1.21. The van der Waals surface area contributed by atoms with Crippen molar-refractivity contribution in [1.29, 1.82) is 0 Å². The Hall–Kier alpha value is -0.0800. The Morgan fingerprint density at radius 2 is 1.82 bits per heavy atom. The molecule has 0 aromatic rings. The number of likely N-dealkylation sites (N-methyl/N-ethyl adjacent to an activating group) is 1.